The molecule has 2 aromatic carbocycles. The highest BCUT2D eigenvalue weighted by molar-refractivity contribution is 5.84. The van der Waals surface area contributed by atoms with Gasteiger partial charge >= 0.3 is 12.2 Å². The Labute approximate surface area is 191 Å². The number of benzene rings is 2. The van der Waals surface area contributed by atoms with Crippen molar-refractivity contribution in [3.63, 3.8) is 0 Å². The largest absolute Gasteiger partial charge is 0.514 e. The number of rotatable bonds is 6. The molecule has 0 fully saturated rings. The number of non-ortho nitro benzene ring substituents is 1. The molecule has 0 radical (unpaired) electrons. The van der Waals surface area contributed by atoms with E-state index in [2.05, 4.69) is 18.3 Å². The Kier molecular flexibility index (Phi) is 8.40. The molecule has 2 aromatic rings. The Morgan fingerprint density at radius 2 is 1.79 bits per heavy atom. The lowest BCUT2D eigenvalue weighted by Crippen LogP contribution is -2.22. The minimum Gasteiger partial charge on any atom is -0.442 e. The molecule has 174 valence electrons. The fraction of sp³-hybridized carbons (Fsp3) is 0.333. The van der Waals surface area contributed by atoms with E-state index >= 15 is 0 Å². The smallest absolute Gasteiger partial charge is 0.442 e. The van der Waals surface area contributed by atoms with E-state index in [9.17, 15) is 19.7 Å². The summed E-state index contributed by atoms with van der Waals surface area (Å²) < 4.78 is 15.5. The number of anilines is 1. The molecule has 0 aliphatic heterocycles. The van der Waals surface area contributed by atoms with Gasteiger partial charge in [-0.1, -0.05) is 25.1 Å². The number of nitrogens with one attached hydrogen (secondary N) is 1. The summed E-state index contributed by atoms with van der Waals surface area (Å²) >= 11 is 0. The van der Waals surface area contributed by atoms with Crippen LogP contribution in [0.5, 0.6) is 5.75 Å². The molecule has 3 rings (SSSR count). The fourth-order valence-electron chi connectivity index (χ4n) is 3.29. The van der Waals surface area contributed by atoms with Gasteiger partial charge in [0.25, 0.3) is 5.69 Å². The first kappa shape index (κ1) is 23.8. The highest BCUT2D eigenvalue weighted by Gasteiger charge is 2.15. The normalized spacial score (nSPS) is 18.8. The summed E-state index contributed by atoms with van der Waals surface area (Å²) in [6, 6.07) is 11.8. The number of nitrogens with zero attached hydrogens (tertiary/aromatic N) is 1. The van der Waals surface area contributed by atoms with Crippen molar-refractivity contribution in [3.8, 4) is 5.75 Å². The molecule has 0 bridgehead atoms. The molecule has 1 N–H and O–H groups in total. The second-order valence-electron chi connectivity index (χ2n) is 7.85. The van der Waals surface area contributed by atoms with Crippen molar-refractivity contribution < 1.29 is 28.7 Å². The second-order valence-corrected chi connectivity index (χ2v) is 7.85. The fourth-order valence-corrected chi connectivity index (χ4v) is 3.29. The summed E-state index contributed by atoms with van der Waals surface area (Å²) in [5.41, 5.74) is 1.14. The zero-order chi connectivity index (χ0) is 23.6. The van der Waals surface area contributed by atoms with Crippen molar-refractivity contribution in [2.45, 2.75) is 45.3 Å². The van der Waals surface area contributed by atoms with Gasteiger partial charge < -0.3 is 14.2 Å². The summed E-state index contributed by atoms with van der Waals surface area (Å²) in [5.74, 6) is 0.752. The SMILES string of the molecule is C[C@@H]1CC/C=C/[C@H](OC(=O)Nc2ccc(COC(=O)Oc3ccc([N+](=O)[O-])cc3)cc2)CC1. The minimum atomic E-state index is -0.934. The summed E-state index contributed by atoms with van der Waals surface area (Å²) in [5, 5.41) is 13.3. The third-order valence-electron chi connectivity index (χ3n) is 5.19. The van der Waals surface area contributed by atoms with Crippen LogP contribution in [0.1, 0.15) is 38.2 Å². The van der Waals surface area contributed by atoms with E-state index in [4.69, 9.17) is 14.2 Å². The van der Waals surface area contributed by atoms with E-state index < -0.39 is 17.2 Å². The number of nitro benzene ring substituents is 1. The number of hydrogen-bond donors (Lipinski definition) is 1. The van der Waals surface area contributed by atoms with Gasteiger partial charge in [0.15, 0.2) is 0 Å². The maximum atomic E-state index is 12.2. The Morgan fingerprint density at radius 3 is 2.48 bits per heavy atom. The van der Waals surface area contributed by atoms with Gasteiger partial charge in [0.1, 0.15) is 18.5 Å². The first-order valence-electron chi connectivity index (χ1n) is 10.7. The molecule has 0 spiro atoms. The average Bonchev–Trinajstić information content (AvgIpc) is 2.78. The van der Waals surface area contributed by atoms with Gasteiger partial charge in [0.05, 0.1) is 4.92 Å². The molecule has 1 aliphatic rings. The van der Waals surface area contributed by atoms with E-state index in [-0.39, 0.29) is 24.1 Å². The molecule has 9 nitrogen and oxygen atoms in total. The van der Waals surface area contributed by atoms with Crippen LogP contribution in [0.15, 0.2) is 60.7 Å². The van der Waals surface area contributed by atoms with Gasteiger partial charge in [-0.3, -0.25) is 15.4 Å². The van der Waals surface area contributed by atoms with Crippen molar-refractivity contribution in [2.24, 2.45) is 5.92 Å². The monoisotopic (exact) mass is 454 g/mol. The number of nitro groups is 1. The summed E-state index contributed by atoms with van der Waals surface area (Å²) in [7, 11) is 0. The highest BCUT2D eigenvalue weighted by Crippen LogP contribution is 2.21. The van der Waals surface area contributed by atoms with Gasteiger partial charge in [-0.05, 0) is 67.5 Å². The molecule has 0 aromatic heterocycles. The third-order valence-corrected chi connectivity index (χ3v) is 5.19. The van der Waals surface area contributed by atoms with Crippen molar-refractivity contribution >= 4 is 23.6 Å². The predicted octanol–water partition coefficient (Wildman–Crippen LogP) is 5.99. The van der Waals surface area contributed by atoms with E-state index in [0.717, 1.165) is 25.7 Å². The van der Waals surface area contributed by atoms with Crippen LogP contribution >= 0.6 is 0 Å². The summed E-state index contributed by atoms with van der Waals surface area (Å²) in [6.07, 6.45) is 6.29. The number of hydrogen-bond acceptors (Lipinski definition) is 7. The molecule has 0 heterocycles. The lowest BCUT2D eigenvalue weighted by atomic mass is 9.95. The van der Waals surface area contributed by atoms with Crippen molar-refractivity contribution in [1.82, 2.24) is 0 Å². The van der Waals surface area contributed by atoms with Gasteiger partial charge in [-0.25, -0.2) is 9.59 Å². The van der Waals surface area contributed by atoms with Gasteiger partial charge in [0.2, 0.25) is 0 Å². The number of amides is 1. The molecule has 33 heavy (non-hydrogen) atoms. The molecule has 1 aliphatic carbocycles. The molecular formula is C24H26N2O7. The molecule has 9 heteroatoms. The second kappa shape index (κ2) is 11.7. The highest BCUT2D eigenvalue weighted by atomic mass is 16.7. The van der Waals surface area contributed by atoms with Crippen LogP contribution in [-0.2, 0) is 16.1 Å². The minimum absolute atomic E-state index is 0.0401. The van der Waals surface area contributed by atoms with Crippen LogP contribution in [0.2, 0.25) is 0 Å². The van der Waals surface area contributed by atoms with E-state index in [1.165, 1.54) is 24.3 Å². The summed E-state index contributed by atoms with van der Waals surface area (Å²) in [6.45, 7) is 2.17. The van der Waals surface area contributed by atoms with Crippen LogP contribution in [0.25, 0.3) is 0 Å². The molecule has 1 amide bonds. The Hall–Kier alpha value is -3.88. The number of ether oxygens (including phenoxy) is 3. The van der Waals surface area contributed by atoms with Gasteiger partial charge in [-0.15, -0.1) is 0 Å². The first-order valence-corrected chi connectivity index (χ1v) is 10.7. The van der Waals surface area contributed by atoms with Crippen molar-refractivity contribution in [3.05, 3.63) is 76.4 Å². The first-order chi connectivity index (χ1) is 15.9. The third kappa shape index (κ3) is 7.95. The lowest BCUT2D eigenvalue weighted by molar-refractivity contribution is -0.384. The van der Waals surface area contributed by atoms with Crippen LogP contribution < -0.4 is 10.1 Å². The Bertz CT molecular complexity index is 987. The number of carbonyl (C=O) groups is 2. The number of carbonyl (C=O) groups excluding carboxylic acids is 2. The average molecular weight is 454 g/mol. The summed E-state index contributed by atoms with van der Waals surface area (Å²) in [4.78, 5) is 34.1. The molecule has 0 saturated carbocycles. The van der Waals surface area contributed by atoms with Crippen LogP contribution in [0.4, 0.5) is 21.0 Å². The molecule has 0 unspecified atom stereocenters. The van der Waals surface area contributed by atoms with Crippen LogP contribution in [0.3, 0.4) is 0 Å². The van der Waals surface area contributed by atoms with Gasteiger partial charge in [-0.2, -0.15) is 0 Å². The van der Waals surface area contributed by atoms with E-state index in [1.807, 2.05) is 6.08 Å². The quantitative estimate of drug-likeness (QED) is 0.187. The van der Waals surface area contributed by atoms with Gasteiger partial charge in [0, 0.05) is 17.8 Å². The lowest BCUT2D eigenvalue weighted by Gasteiger charge is -2.19. The maximum Gasteiger partial charge on any atom is 0.514 e. The molecular weight excluding hydrogens is 428 g/mol. The van der Waals surface area contributed by atoms with E-state index in [1.54, 1.807) is 24.3 Å². The Balaban J connectivity index is 1.42. The zero-order valence-corrected chi connectivity index (χ0v) is 18.3. The standard InChI is InChI=1S/C24H26N2O7/c1-17-4-2-3-5-21(13-6-17)32-23(27)25-19-9-7-18(8-10-19)16-31-24(28)33-22-14-11-20(12-15-22)26(29)30/h3,5,7-12,14-15,17,21H,2,4,6,13,16H2,1H3,(H,25,27)/b5-3+/t17-,21+/m1/s1. The van der Waals surface area contributed by atoms with Crippen LogP contribution in [-0.4, -0.2) is 23.3 Å². The maximum absolute atomic E-state index is 12.2. The molecule has 0 saturated heterocycles. The molecule has 2 atom stereocenters. The number of allylic oxidation sites excluding steroid dienone is 1. The topological polar surface area (TPSA) is 117 Å². The van der Waals surface area contributed by atoms with Crippen molar-refractivity contribution in [1.29, 1.82) is 0 Å². The Morgan fingerprint density at radius 1 is 1.06 bits per heavy atom. The zero-order valence-electron chi connectivity index (χ0n) is 18.3. The van der Waals surface area contributed by atoms with E-state index in [0.29, 0.717) is 17.2 Å². The van der Waals surface area contributed by atoms with Crippen molar-refractivity contribution in [2.75, 3.05) is 5.32 Å². The van der Waals surface area contributed by atoms with Crippen LogP contribution in [0, 0.1) is 16.0 Å². The predicted molar refractivity (Wildman–Crippen MR) is 121 cm³/mol.